The van der Waals surface area contributed by atoms with Crippen molar-refractivity contribution in [3.63, 3.8) is 0 Å². The molecule has 0 saturated heterocycles. The smallest absolute Gasteiger partial charge is 0.0656 e. The van der Waals surface area contributed by atoms with E-state index in [1.165, 1.54) is 8.45 Å². The molecule has 0 bridgehead atoms. The zero-order chi connectivity index (χ0) is 8.97. The van der Waals surface area contributed by atoms with Crippen molar-refractivity contribution in [2.75, 3.05) is 20.2 Å². The van der Waals surface area contributed by atoms with Gasteiger partial charge in [-0.1, -0.05) is 0 Å². The molecule has 0 saturated carbocycles. The molecule has 0 atom stereocenters. The van der Waals surface area contributed by atoms with Crippen LogP contribution in [0.5, 0.6) is 0 Å². The van der Waals surface area contributed by atoms with Gasteiger partial charge in [0.25, 0.3) is 0 Å². The molecule has 1 aromatic heterocycles. The Labute approximate surface area is 90.3 Å². The third kappa shape index (κ3) is 3.38. The van der Waals surface area contributed by atoms with E-state index in [4.69, 9.17) is 5.11 Å². The molecule has 0 radical (unpaired) electrons. The zero-order valence-electron chi connectivity index (χ0n) is 6.96. The predicted molar refractivity (Wildman–Crippen MR) is 60.5 cm³/mol. The molecule has 12 heavy (non-hydrogen) atoms. The molecule has 1 N–H and O–H groups in total. The van der Waals surface area contributed by atoms with Gasteiger partial charge in [-0.2, -0.15) is 0 Å². The van der Waals surface area contributed by atoms with Crippen molar-refractivity contribution in [3.8, 4) is 0 Å². The summed E-state index contributed by atoms with van der Waals surface area (Å²) in [5.41, 5.74) is 1.33. The molecule has 0 aliphatic heterocycles. The summed E-state index contributed by atoms with van der Waals surface area (Å²) < 4.78 is 1.32. The highest BCUT2D eigenvalue weighted by Crippen LogP contribution is 2.17. The van der Waals surface area contributed by atoms with Crippen LogP contribution in [0, 0.1) is 2.88 Å². The van der Waals surface area contributed by atoms with Crippen molar-refractivity contribution in [1.29, 1.82) is 0 Å². The van der Waals surface area contributed by atoms with Gasteiger partial charge in [0, 0.05) is 13.1 Å². The molecule has 0 aromatic carbocycles. The summed E-state index contributed by atoms with van der Waals surface area (Å²) in [5.74, 6) is 0. The minimum absolute atomic E-state index is 0.234. The highest BCUT2D eigenvalue weighted by Gasteiger charge is 2.00. The number of aliphatic hydroxyl groups excluding tert-OH is 1. The molecule has 2 nitrogen and oxygen atoms in total. The Hall–Kier alpha value is 0.350. The maximum atomic E-state index is 8.68. The fourth-order valence-electron chi connectivity index (χ4n) is 0.990. The summed E-state index contributed by atoms with van der Waals surface area (Å²) >= 11 is 4.08. The van der Waals surface area contributed by atoms with Gasteiger partial charge in [0.1, 0.15) is 0 Å². The second-order valence-corrected chi connectivity index (χ2v) is 5.53. The average molecular weight is 297 g/mol. The number of halogens is 1. The van der Waals surface area contributed by atoms with E-state index in [0.717, 1.165) is 13.1 Å². The molecule has 1 heterocycles. The molecule has 68 valence electrons. The second-order valence-electron chi connectivity index (χ2n) is 2.72. The largest absolute Gasteiger partial charge is 0.395 e. The van der Waals surface area contributed by atoms with Crippen LogP contribution in [0.25, 0.3) is 0 Å². The monoisotopic (exact) mass is 297 g/mol. The van der Waals surface area contributed by atoms with Gasteiger partial charge in [-0.3, -0.25) is 4.90 Å². The number of thiophene rings is 1. The van der Waals surface area contributed by atoms with Crippen molar-refractivity contribution < 1.29 is 5.11 Å². The number of rotatable bonds is 4. The lowest BCUT2D eigenvalue weighted by atomic mass is 10.3. The Kier molecular flexibility index (Phi) is 4.49. The van der Waals surface area contributed by atoms with Crippen LogP contribution in [0.4, 0.5) is 0 Å². The zero-order valence-corrected chi connectivity index (χ0v) is 9.93. The van der Waals surface area contributed by atoms with Gasteiger partial charge in [-0.15, -0.1) is 11.3 Å². The van der Waals surface area contributed by atoms with Crippen LogP contribution in [0.2, 0.25) is 0 Å². The van der Waals surface area contributed by atoms with Gasteiger partial charge in [0.15, 0.2) is 0 Å². The molecule has 0 aliphatic carbocycles. The second kappa shape index (κ2) is 5.16. The minimum Gasteiger partial charge on any atom is -0.395 e. The van der Waals surface area contributed by atoms with Crippen molar-refractivity contribution in [2.24, 2.45) is 0 Å². The topological polar surface area (TPSA) is 23.5 Å². The number of aliphatic hydroxyl groups is 1. The Morgan fingerprint density at radius 2 is 2.42 bits per heavy atom. The van der Waals surface area contributed by atoms with E-state index >= 15 is 0 Å². The minimum atomic E-state index is 0.234. The molecule has 0 aliphatic rings. The summed E-state index contributed by atoms with van der Waals surface area (Å²) in [4.78, 5) is 2.11. The summed E-state index contributed by atoms with van der Waals surface area (Å²) in [6.07, 6.45) is 0. The van der Waals surface area contributed by atoms with Gasteiger partial charge in [0.05, 0.1) is 9.49 Å². The molecular weight excluding hydrogens is 285 g/mol. The molecule has 0 fully saturated rings. The third-order valence-corrected chi connectivity index (χ3v) is 3.39. The summed E-state index contributed by atoms with van der Waals surface area (Å²) in [7, 11) is 2.01. The van der Waals surface area contributed by atoms with Crippen molar-refractivity contribution in [2.45, 2.75) is 6.54 Å². The molecular formula is C8H12INOS. The number of likely N-dealkylation sites (N-methyl/N-ethyl adjacent to an activating group) is 1. The first-order chi connectivity index (χ1) is 5.72. The molecule has 1 rings (SSSR count). The first kappa shape index (κ1) is 10.4. The highest BCUT2D eigenvalue weighted by atomic mass is 127. The van der Waals surface area contributed by atoms with Crippen LogP contribution in [-0.4, -0.2) is 30.2 Å². The fourth-order valence-corrected chi connectivity index (χ4v) is 2.40. The highest BCUT2D eigenvalue weighted by molar-refractivity contribution is 14.1. The van der Waals surface area contributed by atoms with Crippen molar-refractivity contribution in [1.82, 2.24) is 4.90 Å². The first-order valence-electron chi connectivity index (χ1n) is 3.74. The van der Waals surface area contributed by atoms with Gasteiger partial charge >= 0.3 is 0 Å². The van der Waals surface area contributed by atoms with Crippen LogP contribution in [0.1, 0.15) is 5.56 Å². The standard InChI is InChI=1S/C8H12INOS/c1-10(2-3-11)5-7-4-8(9)12-6-7/h4,6,11H,2-3,5H2,1H3. The SMILES string of the molecule is CN(CCO)Cc1csc(I)c1. The van der Waals surface area contributed by atoms with E-state index < -0.39 is 0 Å². The van der Waals surface area contributed by atoms with Gasteiger partial charge in [-0.05, 0) is 46.6 Å². The van der Waals surface area contributed by atoms with Gasteiger partial charge in [0.2, 0.25) is 0 Å². The van der Waals surface area contributed by atoms with Gasteiger partial charge < -0.3 is 5.11 Å². The van der Waals surface area contributed by atoms with Crippen LogP contribution >= 0.6 is 33.9 Å². The van der Waals surface area contributed by atoms with E-state index in [9.17, 15) is 0 Å². The van der Waals surface area contributed by atoms with Crippen molar-refractivity contribution in [3.05, 3.63) is 19.9 Å². The Bertz CT molecular complexity index is 239. The molecule has 0 amide bonds. The van der Waals surface area contributed by atoms with E-state index in [-0.39, 0.29) is 6.61 Å². The van der Waals surface area contributed by atoms with Crippen LogP contribution in [-0.2, 0) is 6.54 Å². The number of hydrogen-bond donors (Lipinski definition) is 1. The summed E-state index contributed by atoms with van der Waals surface area (Å²) in [6, 6.07) is 2.18. The maximum Gasteiger partial charge on any atom is 0.0656 e. The molecule has 0 spiro atoms. The Morgan fingerprint density at radius 3 is 2.92 bits per heavy atom. The van der Waals surface area contributed by atoms with E-state index in [1.54, 1.807) is 11.3 Å². The lowest BCUT2D eigenvalue weighted by Crippen LogP contribution is -2.21. The van der Waals surface area contributed by atoms with Crippen LogP contribution < -0.4 is 0 Å². The fraction of sp³-hybridized carbons (Fsp3) is 0.500. The van der Waals surface area contributed by atoms with Gasteiger partial charge in [-0.25, -0.2) is 0 Å². The van der Waals surface area contributed by atoms with Crippen molar-refractivity contribution >= 4 is 33.9 Å². The molecule has 0 unspecified atom stereocenters. The third-order valence-electron chi connectivity index (χ3n) is 1.56. The average Bonchev–Trinajstić information content (AvgIpc) is 2.36. The lowest BCUT2D eigenvalue weighted by molar-refractivity contribution is 0.217. The predicted octanol–water partition coefficient (Wildman–Crippen LogP) is 1.78. The Balaban J connectivity index is 2.41. The van der Waals surface area contributed by atoms with E-state index in [0.29, 0.717) is 0 Å². The van der Waals surface area contributed by atoms with E-state index in [1.807, 2.05) is 7.05 Å². The summed E-state index contributed by atoms with van der Waals surface area (Å²) in [5, 5.41) is 10.8. The van der Waals surface area contributed by atoms with Crippen LogP contribution in [0.15, 0.2) is 11.4 Å². The normalized spacial score (nSPS) is 11.0. The Morgan fingerprint density at radius 1 is 1.67 bits per heavy atom. The molecule has 1 aromatic rings. The number of nitrogens with zero attached hydrogens (tertiary/aromatic N) is 1. The van der Waals surface area contributed by atoms with E-state index in [2.05, 4.69) is 38.9 Å². The lowest BCUT2D eigenvalue weighted by Gasteiger charge is -2.13. The number of hydrogen-bond acceptors (Lipinski definition) is 3. The first-order valence-corrected chi connectivity index (χ1v) is 5.70. The molecule has 4 heteroatoms. The maximum absolute atomic E-state index is 8.68. The quantitative estimate of drug-likeness (QED) is 0.856. The summed E-state index contributed by atoms with van der Waals surface area (Å²) in [6.45, 7) is 1.91. The van der Waals surface area contributed by atoms with Crippen LogP contribution in [0.3, 0.4) is 0 Å².